The molecule has 2 rings (SSSR count). The molecule has 0 fully saturated rings. The van der Waals surface area contributed by atoms with Crippen LogP contribution in [0.2, 0.25) is 0 Å². The minimum Gasteiger partial charge on any atom is -0.352 e. The predicted octanol–water partition coefficient (Wildman–Crippen LogP) is 2.11. The van der Waals surface area contributed by atoms with Gasteiger partial charge in [-0.25, -0.2) is 0 Å². The molecule has 150 valence electrons. The Bertz CT molecular complexity index is 820. The lowest BCUT2D eigenvalue weighted by Crippen LogP contribution is -3.08. The average molecular weight is 394 g/mol. The third-order valence-corrected chi connectivity index (χ3v) is 4.00. The fourth-order valence-corrected chi connectivity index (χ4v) is 2.70. The lowest BCUT2D eigenvalue weighted by Gasteiger charge is -2.15. The van der Waals surface area contributed by atoms with Gasteiger partial charge in [0.05, 0.1) is 12.6 Å². The van der Waals surface area contributed by atoms with Gasteiger partial charge in [0.25, 0.3) is 11.8 Å². The van der Waals surface area contributed by atoms with E-state index in [9.17, 15) is 22.8 Å². The average Bonchev–Trinajstić information content (AvgIpc) is 2.61. The molecule has 0 radical (unpaired) electrons. The van der Waals surface area contributed by atoms with E-state index in [0.717, 1.165) is 17.0 Å². The number of carbonyl (C=O) groups excluding carboxylic acids is 2. The molecule has 3 N–H and O–H groups in total. The molecule has 0 spiro atoms. The summed E-state index contributed by atoms with van der Waals surface area (Å²) >= 11 is 0. The highest BCUT2D eigenvalue weighted by Crippen LogP contribution is 2.28. The summed E-state index contributed by atoms with van der Waals surface area (Å²) in [4.78, 5) is 24.9. The first-order chi connectivity index (χ1) is 13.2. The number of hydrogen-bond acceptors (Lipinski definition) is 2. The summed E-state index contributed by atoms with van der Waals surface area (Å²) in [5, 5.41) is 5.43. The normalized spacial score (nSPS) is 12.3. The summed E-state index contributed by atoms with van der Waals surface area (Å²) in [6.45, 7) is 2.86. The molecule has 2 aromatic rings. The quantitative estimate of drug-likeness (QED) is 0.674. The van der Waals surface area contributed by atoms with Gasteiger partial charge in [-0.3, -0.25) is 9.59 Å². The summed E-state index contributed by atoms with van der Waals surface area (Å²) in [5.74, 6) is -0.471. The molecule has 0 saturated carbocycles. The maximum Gasteiger partial charge on any atom is 0.416 e. The first-order valence-electron chi connectivity index (χ1n) is 8.84. The van der Waals surface area contributed by atoms with Crippen molar-refractivity contribution in [3.05, 3.63) is 65.2 Å². The Morgan fingerprint density at radius 2 is 1.75 bits per heavy atom. The largest absolute Gasteiger partial charge is 0.416 e. The number of hydrogen-bond donors (Lipinski definition) is 3. The Hall–Kier alpha value is -2.87. The second-order valence-electron chi connectivity index (χ2n) is 6.49. The number of alkyl halides is 3. The van der Waals surface area contributed by atoms with E-state index in [1.54, 1.807) is 31.3 Å². The SMILES string of the molecule is CCNC(=O)c1cccc(NC(=O)C[NH+](C)Cc2ccc(C(F)(F)F)cc2)c1. The van der Waals surface area contributed by atoms with Gasteiger partial charge in [0.15, 0.2) is 6.54 Å². The van der Waals surface area contributed by atoms with E-state index in [-0.39, 0.29) is 18.4 Å². The lowest BCUT2D eigenvalue weighted by atomic mass is 10.1. The molecule has 0 bridgehead atoms. The fourth-order valence-electron chi connectivity index (χ4n) is 2.70. The number of likely N-dealkylation sites (N-methyl/N-ethyl adjacent to an activating group) is 1. The Kier molecular flexibility index (Phi) is 7.17. The predicted molar refractivity (Wildman–Crippen MR) is 100.0 cm³/mol. The number of quaternary nitrogens is 1. The van der Waals surface area contributed by atoms with Gasteiger partial charge >= 0.3 is 6.18 Å². The molecule has 28 heavy (non-hydrogen) atoms. The van der Waals surface area contributed by atoms with E-state index >= 15 is 0 Å². The van der Waals surface area contributed by atoms with Crippen molar-refractivity contribution in [1.29, 1.82) is 0 Å². The fraction of sp³-hybridized carbons (Fsp3) is 0.300. The molecule has 0 aromatic heterocycles. The van der Waals surface area contributed by atoms with Gasteiger partial charge in [-0.05, 0) is 37.3 Å². The second kappa shape index (κ2) is 9.36. The summed E-state index contributed by atoms with van der Waals surface area (Å²) in [6, 6.07) is 11.5. The zero-order valence-corrected chi connectivity index (χ0v) is 15.7. The Labute approximate surface area is 161 Å². The van der Waals surface area contributed by atoms with E-state index in [1.807, 2.05) is 6.92 Å². The van der Waals surface area contributed by atoms with Gasteiger partial charge < -0.3 is 15.5 Å². The van der Waals surface area contributed by atoms with Crippen LogP contribution in [0.3, 0.4) is 0 Å². The third kappa shape index (κ3) is 6.38. The number of amides is 2. The Balaban J connectivity index is 1.90. The highest BCUT2D eigenvalue weighted by Gasteiger charge is 2.30. The van der Waals surface area contributed by atoms with Crippen molar-refractivity contribution in [2.75, 3.05) is 25.5 Å². The van der Waals surface area contributed by atoms with Crippen LogP contribution in [-0.4, -0.2) is 32.0 Å². The highest BCUT2D eigenvalue weighted by molar-refractivity contribution is 5.97. The van der Waals surface area contributed by atoms with Gasteiger partial charge in [-0.1, -0.05) is 18.2 Å². The van der Waals surface area contributed by atoms with Crippen LogP contribution in [0.15, 0.2) is 48.5 Å². The second-order valence-corrected chi connectivity index (χ2v) is 6.49. The van der Waals surface area contributed by atoms with Crippen LogP contribution in [0, 0.1) is 0 Å². The topological polar surface area (TPSA) is 62.6 Å². The minimum absolute atomic E-state index is 0.131. The summed E-state index contributed by atoms with van der Waals surface area (Å²) in [6.07, 6.45) is -4.36. The molecule has 5 nitrogen and oxygen atoms in total. The van der Waals surface area contributed by atoms with Crippen molar-refractivity contribution in [1.82, 2.24) is 5.32 Å². The maximum atomic E-state index is 12.6. The summed E-state index contributed by atoms with van der Waals surface area (Å²) in [7, 11) is 1.78. The monoisotopic (exact) mass is 394 g/mol. The van der Waals surface area contributed by atoms with Crippen molar-refractivity contribution in [2.45, 2.75) is 19.6 Å². The van der Waals surface area contributed by atoms with Crippen LogP contribution >= 0.6 is 0 Å². The van der Waals surface area contributed by atoms with Crippen molar-refractivity contribution in [2.24, 2.45) is 0 Å². The van der Waals surface area contributed by atoms with Crippen LogP contribution < -0.4 is 15.5 Å². The Morgan fingerprint density at radius 1 is 1.07 bits per heavy atom. The molecule has 0 aliphatic heterocycles. The van der Waals surface area contributed by atoms with Crippen molar-refractivity contribution < 1.29 is 27.7 Å². The molecule has 1 atom stereocenters. The first-order valence-corrected chi connectivity index (χ1v) is 8.84. The van der Waals surface area contributed by atoms with Gasteiger partial charge in [-0.15, -0.1) is 0 Å². The number of anilines is 1. The highest BCUT2D eigenvalue weighted by atomic mass is 19.4. The van der Waals surface area contributed by atoms with E-state index in [2.05, 4.69) is 10.6 Å². The molecule has 1 unspecified atom stereocenters. The smallest absolute Gasteiger partial charge is 0.352 e. The zero-order valence-electron chi connectivity index (χ0n) is 15.7. The van der Waals surface area contributed by atoms with Gasteiger partial charge in [0, 0.05) is 23.4 Å². The molecule has 0 aliphatic rings. The molecule has 0 saturated heterocycles. The molecule has 2 aromatic carbocycles. The number of nitrogens with one attached hydrogen (secondary N) is 3. The van der Waals surface area contributed by atoms with Crippen molar-refractivity contribution in [3.63, 3.8) is 0 Å². The van der Waals surface area contributed by atoms with Gasteiger partial charge in [0.1, 0.15) is 6.54 Å². The van der Waals surface area contributed by atoms with Crippen LogP contribution in [-0.2, 0) is 17.5 Å². The molecule has 0 heterocycles. The van der Waals surface area contributed by atoms with E-state index in [4.69, 9.17) is 0 Å². The standard InChI is InChI=1S/C20H22F3N3O2/c1-3-24-19(28)15-5-4-6-17(11-15)25-18(27)13-26(2)12-14-7-9-16(10-8-14)20(21,22)23/h4-11H,3,12-13H2,1-2H3,(H,24,28)(H,25,27)/p+1. The van der Waals surface area contributed by atoms with Crippen molar-refractivity contribution in [3.8, 4) is 0 Å². The number of benzene rings is 2. The number of halogens is 3. The van der Waals surface area contributed by atoms with E-state index in [1.165, 1.54) is 12.1 Å². The van der Waals surface area contributed by atoms with Gasteiger partial charge in [-0.2, -0.15) is 13.2 Å². The lowest BCUT2D eigenvalue weighted by molar-refractivity contribution is -0.885. The molecule has 0 aliphatic carbocycles. The molecule has 8 heteroatoms. The first kappa shape index (κ1) is 21.4. The van der Waals surface area contributed by atoms with Crippen molar-refractivity contribution >= 4 is 17.5 Å². The van der Waals surface area contributed by atoms with E-state index < -0.39 is 11.7 Å². The van der Waals surface area contributed by atoms with E-state index in [0.29, 0.717) is 29.9 Å². The zero-order chi connectivity index (χ0) is 20.7. The summed E-state index contributed by atoms with van der Waals surface area (Å²) < 4.78 is 37.8. The van der Waals surface area contributed by atoms with Crippen LogP contribution in [0.1, 0.15) is 28.4 Å². The maximum absolute atomic E-state index is 12.6. The summed E-state index contributed by atoms with van der Waals surface area (Å²) in [5.41, 5.74) is 0.969. The van der Waals surface area contributed by atoms with Crippen LogP contribution in [0.25, 0.3) is 0 Å². The van der Waals surface area contributed by atoms with Crippen LogP contribution in [0.4, 0.5) is 18.9 Å². The minimum atomic E-state index is -4.36. The number of rotatable bonds is 7. The van der Waals surface area contributed by atoms with Gasteiger partial charge in [0.2, 0.25) is 0 Å². The molecular weight excluding hydrogens is 371 g/mol. The Morgan fingerprint density at radius 3 is 2.36 bits per heavy atom. The van der Waals surface area contributed by atoms with Crippen LogP contribution in [0.5, 0.6) is 0 Å². The number of carbonyl (C=O) groups is 2. The third-order valence-electron chi connectivity index (χ3n) is 4.00. The molecular formula is C20H23F3N3O2+. The molecule has 2 amide bonds.